The van der Waals surface area contributed by atoms with Gasteiger partial charge in [-0.25, -0.2) is 4.79 Å². The predicted octanol–water partition coefficient (Wildman–Crippen LogP) is 6.81. The quantitative estimate of drug-likeness (QED) is 0.286. The molecule has 0 saturated heterocycles. The van der Waals surface area contributed by atoms with Gasteiger partial charge in [-0.2, -0.15) is 0 Å². The Bertz CT molecular complexity index is 901. The van der Waals surface area contributed by atoms with Crippen LogP contribution in [0.25, 0.3) is 22.3 Å². The van der Waals surface area contributed by atoms with Crippen LogP contribution in [0.4, 0.5) is 4.79 Å². The van der Waals surface area contributed by atoms with Gasteiger partial charge in [-0.15, -0.1) is 0 Å². The number of hydrogen-bond donors (Lipinski definition) is 1. The molecule has 27 heavy (non-hydrogen) atoms. The van der Waals surface area contributed by atoms with Crippen molar-refractivity contribution in [1.82, 2.24) is 0 Å². The van der Waals surface area contributed by atoms with Crippen molar-refractivity contribution < 1.29 is 14.6 Å². The summed E-state index contributed by atoms with van der Waals surface area (Å²) in [7, 11) is 0. The molecule has 1 N–H and O–H groups in total. The third-order valence-corrected chi connectivity index (χ3v) is 4.65. The van der Waals surface area contributed by atoms with Crippen LogP contribution < -0.4 is 4.74 Å². The molecule has 0 heterocycles. The summed E-state index contributed by atoms with van der Waals surface area (Å²) in [5.74, 6) is 0.388. The Hall–Kier alpha value is -3.07. The van der Waals surface area contributed by atoms with Crippen molar-refractivity contribution >= 4 is 6.16 Å². The van der Waals surface area contributed by atoms with Crippen LogP contribution in [-0.2, 0) is 6.42 Å². The monoisotopic (exact) mass is 360 g/mol. The Morgan fingerprint density at radius 1 is 0.815 bits per heavy atom. The van der Waals surface area contributed by atoms with Crippen molar-refractivity contribution in [2.45, 2.75) is 32.6 Å². The van der Waals surface area contributed by atoms with Gasteiger partial charge in [0.15, 0.2) is 0 Å². The molecule has 0 aliphatic carbocycles. The molecule has 3 aromatic carbocycles. The first-order valence-electron chi connectivity index (χ1n) is 9.38. The molecule has 0 bridgehead atoms. The lowest BCUT2D eigenvalue weighted by Crippen LogP contribution is -2.06. The van der Waals surface area contributed by atoms with E-state index in [0.29, 0.717) is 5.75 Å². The second-order valence-corrected chi connectivity index (χ2v) is 6.53. The van der Waals surface area contributed by atoms with E-state index in [2.05, 4.69) is 13.0 Å². The first-order valence-corrected chi connectivity index (χ1v) is 9.38. The van der Waals surface area contributed by atoms with Gasteiger partial charge >= 0.3 is 6.16 Å². The van der Waals surface area contributed by atoms with Gasteiger partial charge < -0.3 is 9.84 Å². The number of unbranched alkanes of at least 4 members (excludes halogenated alkanes) is 2. The molecule has 3 aromatic rings. The van der Waals surface area contributed by atoms with Crippen LogP contribution in [0.15, 0.2) is 72.8 Å². The summed E-state index contributed by atoms with van der Waals surface area (Å²) in [5.41, 5.74) is 4.76. The van der Waals surface area contributed by atoms with E-state index < -0.39 is 6.16 Å². The number of hydrogen-bond acceptors (Lipinski definition) is 2. The van der Waals surface area contributed by atoms with Crippen LogP contribution in [0, 0.1) is 0 Å². The van der Waals surface area contributed by atoms with E-state index in [1.807, 2.05) is 66.7 Å². The molecule has 0 unspecified atom stereocenters. The molecule has 0 spiro atoms. The number of benzene rings is 3. The topological polar surface area (TPSA) is 46.5 Å². The molecule has 0 amide bonds. The maximum atomic E-state index is 11.4. The van der Waals surface area contributed by atoms with Crippen LogP contribution in [0.2, 0.25) is 0 Å². The summed E-state index contributed by atoms with van der Waals surface area (Å²) in [4.78, 5) is 11.4. The summed E-state index contributed by atoms with van der Waals surface area (Å²) < 4.78 is 5.28. The second-order valence-electron chi connectivity index (χ2n) is 6.53. The molecule has 3 nitrogen and oxygen atoms in total. The largest absolute Gasteiger partial charge is 0.511 e. The molecule has 0 radical (unpaired) electrons. The number of ether oxygens (including phenoxy) is 1. The van der Waals surface area contributed by atoms with Gasteiger partial charge in [-0.1, -0.05) is 92.6 Å². The molecular formula is C24H24O3. The SMILES string of the molecule is CCCCCc1ccccc1-c1cccc(-c2ccccc2)c1OC(=O)O. The molecule has 0 atom stereocenters. The minimum Gasteiger partial charge on any atom is -0.449 e. The Labute approximate surface area is 160 Å². The van der Waals surface area contributed by atoms with Gasteiger partial charge in [0.2, 0.25) is 0 Å². The summed E-state index contributed by atoms with van der Waals surface area (Å²) >= 11 is 0. The molecule has 0 saturated carbocycles. The molecule has 0 aromatic heterocycles. The first kappa shape index (κ1) is 18.7. The zero-order chi connectivity index (χ0) is 19.1. The van der Waals surface area contributed by atoms with Crippen LogP contribution in [0.1, 0.15) is 31.7 Å². The average molecular weight is 360 g/mol. The smallest absolute Gasteiger partial charge is 0.449 e. The highest BCUT2D eigenvalue weighted by molar-refractivity contribution is 5.86. The minimum absolute atomic E-state index is 0.388. The second kappa shape index (κ2) is 9.04. The highest BCUT2D eigenvalue weighted by Gasteiger charge is 2.17. The standard InChI is InChI=1S/C24H24O3/c1-2-3-5-11-18-14-8-9-15-20(18)22-17-10-16-21(23(22)27-24(25)26)19-12-6-4-7-13-19/h4,6-10,12-17H,2-3,5,11H2,1H3,(H,25,26). The zero-order valence-corrected chi connectivity index (χ0v) is 15.5. The van der Waals surface area contributed by atoms with E-state index >= 15 is 0 Å². The maximum absolute atomic E-state index is 11.4. The van der Waals surface area contributed by atoms with Gasteiger partial charge in [-0.3, -0.25) is 0 Å². The predicted molar refractivity (Wildman–Crippen MR) is 109 cm³/mol. The van der Waals surface area contributed by atoms with Gasteiger partial charge in [-0.05, 0) is 29.5 Å². The summed E-state index contributed by atoms with van der Waals surface area (Å²) in [6.45, 7) is 2.19. The van der Waals surface area contributed by atoms with Crippen LogP contribution >= 0.6 is 0 Å². The fourth-order valence-electron chi connectivity index (χ4n) is 3.36. The van der Waals surface area contributed by atoms with Gasteiger partial charge in [0.25, 0.3) is 0 Å². The lowest BCUT2D eigenvalue weighted by atomic mass is 9.92. The van der Waals surface area contributed by atoms with E-state index in [0.717, 1.165) is 35.1 Å². The van der Waals surface area contributed by atoms with Crippen molar-refractivity contribution in [2.75, 3.05) is 0 Å². The maximum Gasteiger partial charge on any atom is 0.511 e. The van der Waals surface area contributed by atoms with E-state index in [4.69, 9.17) is 4.74 Å². The Balaban J connectivity index is 2.12. The minimum atomic E-state index is -1.30. The van der Waals surface area contributed by atoms with E-state index in [9.17, 15) is 9.90 Å². The number of carboxylic acid groups (broad SMARTS) is 1. The molecule has 0 aliphatic rings. The Morgan fingerprint density at radius 2 is 1.48 bits per heavy atom. The van der Waals surface area contributed by atoms with Crippen molar-refractivity contribution in [3.05, 3.63) is 78.4 Å². The number of para-hydroxylation sites is 1. The van der Waals surface area contributed by atoms with E-state index in [1.54, 1.807) is 0 Å². The third kappa shape index (κ3) is 4.56. The van der Waals surface area contributed by atoms with E-state index in [1.165, 1.54) is 18.4 Å². The average Bonchev–Trinajstić information content (AvgIpc) is 2.69. The number of aryl methyl sites for hydroxylation is 1. The fraction of sp³-hybridized carbons (Fsp3) is 0.208. The van der Waals surface area contributed by atoms with Gasteiger partial charge in [0.05, 0.1) is 0 Å². The highest BCUT2D eigenvalue weighted by atomic mass is 16.7. The van der Waals surface area contributed by atoms with Gasteiger partial charge in [0.1, 0.15) is 5.75 Å². The lowest BCUT2D eigenvalue weighted by Gasteiger charge is -2.16. The number of rotatable bonds is 7. The van der Waals surface area contributed by atoms with Crippen molar-refractivity contribution in [3.8, 4) is 28.0 Å². The summed E-state index contributed by atoms with van der Waals surface area (Å²) in [6, 6.07) is 23.7. The van der Waals surface area contributed by atoms with Crippen LogP contribution in [0.5, 0.6) is 5.75 Å². The number of carbonyl (C=O) groups is 1. The molecule has 0 aliphatic heterocycles. The third-order valence-electron chi connectivity index (χ3n) is 4.65. The van der Waals surface area contributed by atoms with E-state index in [-0.39, 0.29) is 0 Å². The molecule has 3 rings (SSSR count). The zero-order valence-electron chi connectivity index (χ0n) is 15.5. The van der Waals surface area contributed by atoms with Crippen LogP contribution in [-0.4, -0.2) is 11.3 Å². The first-order chi connectivity index (χ1) is 13.2. The highest BCUT2D eigenvalue weighted by Crippen LogP contribution is 2.40. The lowest BCUT2D eigenvalue weighted by molar-refractivity contribution is 0.145. The van der Waals surface area contributed by atoms with Crippen LogP contribution in [0.3, 0.4) is 0 Å². The Kier molecular flexibility index (Phi) is 6.26. The molecular weight excluding hydrogens is 336 g/mol. The summed E-state index contributed by atoms with van der Waals surface area (Å²) in [6.07, 6.45) is 3.12. The van der Waals surface area contributed by atoms with Crippen molar-refractivity contribution in [3.63, 3.8) is 0 Å². The normalized spacial score (nSPS) is 10.6. The summed E-state index contributed by atoms with van der Waals surface area (Å²) in [5, 5.41) is 9.33. The van der Waals surface area contributed by atoms with Crippen molar-refractivity contribution in [1.29, 1.82) is 0 Å². The Morgan fingerprint density at radius 3 is 2.22 bits per heavy atom. The molecule has 0 fully saturated rings. The van der Waals surface area contributed by atoms with Crippen molar-refractivity contribution in [2.24, 2.45) is 0 Å². The van der Waals surface area contributed by atoms with Gasteiger partial charge in [0, 0.05) is 11.1 Å². The molecule has 138 valence electrons. The molecule has 3 heteroatoms. The fourth-order valence-corrected chi connectivity index (χ4v) is 3.36.